The smallest absolute Gasteiger partial charge is 0.324 e. The SMILES string of the molecule is CCOC(=O)C1CCCN1S(=O)(=O)NC(C)(CN)C(C)C. The van der Waals surface area contributed by atoms with Crippen LogP contribution in [0.1, 0.15) is 40.5 Å². The highest BCUT2D eigenvalue weighted by Crippen LogP contribution is 2.24. The molecule has 0 aromatic carbocycles. The summed E-state index contributed by atoms with van der Waals surface area (Å²) in [6, 6.07) is -0.739. The van der Waals surface area contributed by atoms with Crippen LogP contribution in [0.5, 0.6) is 0 Å². The number of esters is 1. The standard InChI is InChI=1S/C13H27N3O4S/c1-5-20-12(17)11-7-6-8-16(11)21(18,19)15-13(4,9-14)10(2)3/h10-11,15H,5-9,14H2,1-4H3. The van der Waals surface area contributed by atoms with Gasteiger partial charge in [-0.2, -0.15) is 17.4 Å². The number of carbonyl (C=O) groups excluding carboxylic acids is 1. The van der Waals surface area contributed by atoms with Gasteiger partial charge in [0.1, 0.15) is 6.04 Å². The molecular weight excluding hydrogens is 294 g/mol. The number of nitrogens with zero attached hydrogens (tertiary/aromatic N) is 1. The molecule has 2 unspecified atom stereocenters. The quantitative estimate of drug-likeness (QED) is 0.653. The van der Waals surface area contributed by atoms with Crippen molar-refractivity contribution in [3.63, 3.8) is 0 Å². The molecule has 2 atom stereocenters. The predicted octanol–water partition coefficient (Wildman–Crippen LogP) is 0.222. The molecule has 8 heteroatoms. The fourth-order valence-corrected chi connectivity index (χ4v) is 4.17. The summed E-state index contributed by atoms with van der Waals surface area (Å²) in [5, 5.41) is 0. The summed E-state index contributed by atoms with van der Waals surface area (Å²) in [4.78, 5) is 11.9. The summed E-state index contributed by atoms with van der Waals surface area (Å²) in [7, 11) is -3.78. The Morgan fingerprint density at radius 2 is 2.14 bits per heavy atom. The molecule has 0 aliphatic carbocycles. The molecule has 1 aliphatic heterocycles. The van der Waals surface area contributed by atoms with Crippen molar-refractivity contribution in [2.24, 2.45) is 11.7 Å². The highest BCUT2D eigenvalue weighted by atomic mass is 32.2. The predicted molar refractivity (Wildman–Crippen MR) is 80.7 cm³/mol. The molecule has 21 heavy (non-hydrogen) atoms. The van der Waals surface area contributed by atoms with E-state index < -0.39 is 27.8 Å². The lowest BCUT2D eigenvalue weighted by atomic mass is 9.90. The number of rotatable bonds is 7. The monoisotopic (exact) mass is 321 g/mol. The fraction of sp³-hybridized carbons (Fsp3) is 0.923. The number of hydrogen-bond donors (Lipinski definition) is 2. The van der Waals surface area contributed by atoms with Crippen LogP contribution in [-0.2, 0) is 19.7 Å². The molecule has 0 aromatic rings. The molecule has 1 aliphatic rings. The van der Waals surface area contributed by atoms with E-state index in [1.807, 2.05) is 13.8 Å². The Balaban J connectivity index is 2.93. The van der Waals surface area contributed by atoms with Crippen molar-refractivity contribution in [1.82, 2.24) is 9.03 Å². The molecule has 1 fully saturated rings. The molecule has 3 N–H and O–H groups in total. The Morgan fingerprint density at radius 3 is 2.62 bits per heavy atom. The van der Waals surface area contributed by atoms with Crippen LogP contribution in [0.2, 0.25) is 0 Å². The first-order chi connectivity index (χ1) is 9.68. The number of carbonyl (C=O) groups is 1. The van der Waals surface area contributed by atoms with Crippen LogP contribution in [0.15, 0.2) is 0 Å². The molecule has 1 rings (SSSR count). The fourth-order valence-electron chi connectivity index (χ4n) is 2.25. The van der Waals surface area contributed by atoms with Crippen LogP contribution >= 0.6 is 0 Å². The minimum atomic E-state index is -3.78. The molecule has 0 spiro atoms. The van der Waals surface area contributed by atoms with Gasteiger partial charge in [0.25, 0.3) is 10.2 Å². The van der Waals surface area contributed by atoms with Gasteiger partial charge in [-0.15, -0.1) is 0 Å². The van der Waals surface area contributed by atoms with Crippen LogP contribution in [0.4, 0.5) is 0 Å². The third-order valence-corrected chi connectivity index (χ3v) is 5.91. The minimum absolute atomic E-state index is 0.0286. The second-order valence-corrected chi connectivity index (χ2v) is 7.53. The van der Waals surface area contributed by atoms with Crippen molar-refractivity contribution in [3.8, 4) is 0 Å². The van der Waals surface area contributed by atoms with E-state index in [1.165, 1.54) is 4.31 Å². The minimum Gasteiger partial charge on any atom is -0.465 e. The Morgan fingerprint density at radius 1 is 1.52 bits per heavy atom. The largest absolute Gasteiger partial charge is 0.465 e. The molecule has 0 bridgehead atoms. The van der Waals surface area contributed by atoms with Gasteiger partial charge in [0.2, 0.25) is 0 Å². The van der Waals surface area contributed by atoms with E-state index in [0.717, 1.165) is 0 Å². The van der Waals surface area contributed by atoms with Gasteiger partial charge in [-0.3, -0.25) is 4.79 Å². The van der Waals surface area contributed by atoms with Gasteiger partial charge in [-0.1, -0.05) is 13.8 Å². The van der Waals surface area contributed by atoms with Gasteiger partial charge in [0, 0.05) is 18.6 Å². The second-order valence-electron chi connectivity index (χ2n) is 5.90. The van der Waals surface area contributed by atoms with Gasteiger partial charge in [-0.05, 0) is 32.6 Å². The van der Waals surface area contributed by atoms with Crippen molar-refractivity contribution < 1.29 is 17.9 Å². The molecule has 7 nitrogen and oxygen atoms in total. The van der Waals surface area contributed by atoms with E-state index in [0.29, 0.717) is 19.4 Å². The maximum absolute atomic E-state index is 12.6. The number of nitrogens with one attached hydrogen (secondary N) is 1. The Hall–Kier alpha value is -0.700. The van der Waals surface area contributed by atoms with Crippen LogP contribution in [0, 0.1) is 5.92 Å². The van der Waals surface area contributed by atoms with E-state index in [9.17, 15) is 13.2 Å². The molecule has 0 amide bonds. The summed E-state index contributed by atoms with van der Waals surface area (Å²) in [6.45, 7) is 8.02. The first-order valence-electron chi connectivity index (χ1n) is 7.35. The zero-order chi connectivity index (χ0) is 16.3. The van der Waals surface area contributed by atoms with Crippen molar-refractivity contribution in [2.45, 2.75) is 52.1 Å². The summed E-state index contributed by atoms with van der Waals surface area (Å²) >= 11 is 0. The van der Waals surface area contributed by atoms with Gasteiger partial charge < -0.3 is 10.5 Å². The van der Waals surface area contributed by atoms with Gasteiger partial charge in [0.05, 0.1) is 6.61 Å². The van der Waals surface area contributed by atoms with Crippen molar-refractivity contribution in [1.29, 1.82) is 0 Å². The normalized spacial score (nSPS) is 23.2. The lowest BCUT2D eigenvalue weighted by molar-refractivity contribution is -0.146. The third kappa shape index (κ3) is 4.15. The van der Waals surface area contributed by atoms with E-state index in [4.69, 9.17) is 10.5 Å². The van der Waals surface area contributed by atoms with E-state index >= 15 is 0 Å². The third-order valence-electron chi connectivity index (χ3n) is 4.13. The van der Waals surface area contributed by atoms with Crippen LogP contribution in [0.3, 0.4) is 0 Å². The van der Waals surface area contributed by atoms with Crippen LogP contribution in [-0.4, -0.2) is 50.0 Å². The van der Waals surface area contributed by atoms with E-state index in [2.05, 4.69) is 4.72 Å². The zero-order valence-corrected chi connectivity index (χ0v) is 14.1. The summed E-state index contributed by atoms with van der Waals surface area (Å²) in [6.07, 6.45) is 1.13. The molecule has 0 saturated carbocycles. The maximum Gasteiger partial charge on any atom is 0.324 e. The Bertz CT molecular complexity index is 466. The first-order valence-corrected chi connectivity index (χ1v) is 8.79. The zero-order valence-electron chi connectivity index (χ0n) is 13.3. The van der Waals surface area contributed by atoms with Gasteiger partial charge >= 0.3 is 5.97 Å². The summed E-state index contributed by atoms with van der Waals surface area (Å²) < 4.78 is 34.0. The molecule has 124 valence electrons. The lowest BCUT2D eigenvalue weighted by Crippen LogP contribution is -2.59. The highest BCUT2D eigenvalue weighted by Gasteiger charge is 2.42. The molecule has 0 aromatic heterocycles. The summed E-state index contributed by atoms with van der Waals surface area (Å²) in [5.41, 5.74) is 4.97. The highest BCUT2D eigenvalue weighted by molar-refractivity contribution is 7.87. The molecule has 1 heterocycles. The second kappa shape index (κ2) is 7.04. The van der Waals surface area contributed by atoms with E-state index in [1.54, 1.807) is 13.8 Å². The van der Waals surface area contributed by atoms with Crippen LogP contribution in [0.25, 0.3) is 0 Å². The number of nitrogens with two attached hydrogens (primary N) is 1. The summed E-state index contributed by atoms with van der Waals surface area (Å²) in [5.74, 6) is -0.458. The average molecular weight is 321 g/mol. The van der Waals surface area contributed by atoms with Gasteiger partial charge in [-0.25, -0.2) is 0 Å². The van der Waals surface area contributed by atoms with Crippen molar-refractivity contribution in [3.05, 3.63) is 0 Å². The number of hydrogen-bond acceptors (Lipinski definition) is 5. The van der Waals surface area contributed by atoms with Gasteiger partial charge in [0.15, 0.2) is 0 Å². The molecular formula is C13H27N3O4S. The van der Waals surface area contributed by atoms with Crippen LogP contribution < -0.4 is 10.5 Å². The van der Waals surface area contributed by atoms with Crippen molar-refractivity contribution >= 4 is 16.2 Å². The van der Waals surface area contributed by atoms with Crippen molar-refractivity contribution in [2.75, 3.05) is 19.7 Å². The maximum atomic E-state index is 12.6. The number of ether oxygens (including phenoxy) is 1. The average Bonchev–Trinajstić information content (AvgIpc) is 2.88. The molecule has 0 radical (unpaired) electrons. The van der Waals surface area contributed by atoms with E-state index in [-0.39, 0.29) is 19.1 Å². The lowest BCUT2D eigenvalue weighted by Gasteiger charge is -2.35. The Labute approximate surface area is 127 Å². The first kappa shape index (κ1) is 18.3. The topological polar surface area (TPSA) is 102 Å². The Kier molecular flexibility index (Phi) is 6.15. The molecule has 1 saturated heterocycles.